The second-order valence-electron chi connectivity index (χ2n) is 5.46. The summed E-state index contributed by atoms with van der Waals surface area (Å²) in [7, 11) is 0. The Kier molecular flexibility index (Phi) is 4.35. The highest BCUT2D eigenvalue weighted by molar-refractivity contribution is 5.90. The summed E-state index contributed by atoms with van der Waals surface area (Å²) in [6, 6.07) is 0. The molecule has 2 heterocycles. The fourth-order valence-corrected chi connectivity index (χ4v) is 2.71. The minimum Gasteiger partial charge on any atom is -0.476 e. The van der Waals surface area contributed by atoms with Gasteiger partial charge in [0.15, 0.2) is 11.5 Å². The van der Waals surface area contributed by atoms with Gasteiger partial charge < -0.3 is 10.0 Å². The largest absolute Gasteiger partial charge is 0.476 e. The van der Waals surface area contributed by atoms with Crippen LogP contribution in [0.5, 0.6) is 0 Å². The summed E-state index contributed by atoms with van der Waals surface area (Å²) in [5.74, 6) is 0.905. The summed E-state index contributed by atoms with van der Waals surface area (Å²) < 4.78 is 0. The molecule has 0 aliphatic carbocycles. The molecule has 1 aliphatic rings. The van der Waals surface area contributed by atoms with Crippen LogP contribution in [0.4, 0.5) is 5.82 Å². The number of rotatable bonds is 3. The average Bonchev–Trinajstić information content (AvgIpc) is 2.64. The van der Waals surface area contributed by atoms with Gasteiger partial charge in [-0.25, -0.2) is 14.8 Å². The molecule has 0 radical (unpaired) electrons. The van der Waals surface area contributed by atoms with E-state index in [9.17, 15) is 9.90 Å². The second-order valence-corrected chi connectivity index (χ2v) is 5.46. The molecule has 1 saturated heterocycles. The first-order valence-corrected chi connectivity index (χ1v) is 6.89. The van der Waals surface area contributed by atoms with Gasteiger partial charge in [-0.3, -0.25) is 0 Å². The fourth-order valence-electron chi connectivity index (χ4n) is 2.71. The van der Waals surface area contributed by atoms with E-state index in [0.717, 1.165) is 31.8 Å². The number of anilines is 1. The minimum atomic E-state index is -1.01. The first-order chi connectivity index (χ1) is 9.09. The molecule has 104 valence electrons. The van der Waals surface area contributed by atoms with Crippen molar-refractivity contribution in [2.75, 3.05) is 18.0 Å². The topological polar surface area (TPSA) is 66.3 Å². The number of carboxylic acid groups (broad SMARTS) is 1. The molecule has 1 N–H and O–H groups in total. The van der Waals surface area contributed by atoms with Crippen molar-refractivity contribution >= 4 is 11.8 Å². The lowest BCUT2D eigenvalue weighted by Crippen LogP contribution is -2.28. The van der Waals surface area contributed by atoms with Crippen molar-refractivity contribution in [1.29, 1.82) is 0 Å². The fraction of sp³-hybridized carbons (Fsp3) is 0.643. The average molecular weight is 263 g/mol. The van der Waals surface area contributed by atoms with Gasteiger partial charge in [0.1, 0.15) is 0 Å². The van der Waals surface area contributed by atoms with Crippen molar-refractivity contribution in [2.45, 2.75) is 33.1 Å². The Morgan fingerprint density at radius 3 is 2.74 bits per heavy atom. The molecule has 1 aromatic rings. The summed E-state index contributed by atoms with van der Waals surface area (Å²) in [4.78, 5) is 21.4. The Bertz CT molecular complexity index is 448. The van der Waals surface area contributed by atoms with E-state index in [0.29, 0.717) is 11.7 Å². The molecule has 1 atom stereocenters. The number of nitrogens with zero attached hydrogens (tertiary/aromatic N) is 3. The van der Waals surface area contributed by atoms with Gasteiger partial charge in [0, 0.05) is 25.5 Å². The number of carbonyl (C=O) groups is 1. The third-order valence-electron chi connectivity index (χ3n) is 3.90. The molecule has 1 aromatic heterocycles. The van der Waals surface area contributed by atoms with Gasteiger partial charge in [0.25, 0.3) is 0 Å². The van der Waals surface area contributed by atoms with Gasteiger partial charge >= 0.3 is 5.97 Å². The van der Waals surface area contributed by atoms with Crippen molar-refractivity contribution in [1.82, 2.24) is 9.97 Å². The maximum Gasteiger partial charge on any atom is 0.358 e. The maximum atomic E-state index is 11.2. The van der Waals surface area contributed by atoms with Crippen molar-refractivity contribution in [2.24, 2.45) is 11.8 Å². The third kappa shape index (κ3) is 3.22. The zero-order chi connectivity index (χ0) is 13.8. The van der Waals surface area contributed by atoms with Crippen molar-refractivity contribution in [3.8, 4) is 0 Å². The standard InChI is InChI=1S/C14H21N3O2/c1-10(2)11-4-3-8-17(9-5-11)13-12(14(18)19)15-6-7-16-13/h6-7,10-11H,3-5,8-9H2,1-2H3,(H,18,19). The maximum absolute atomic E-state index is 11.2. The summed E-state index contributed by atoms with van der Waals surface area (Å²) in [5, 5.41) is 9.18. The van der Waals surface area contributed by atoms with Crippen LogP contribution in [0.15, 0.2) is 12.4 Å². The molecule has 1 unspecified atom stereocenters. The molecule has 19 heavy (non-hydrogen) atoms. The molecule has 2 rings (SSSR count). The molecule has 0 saturated carbocycles. The van der Waals surface area contributed by atoms with Crippen LogP contribution < -0.4 is 4.90 Å². The summed E-state index contributed by atoms with van der Waals surface area (Å²) in [5.41, 5.74) is 0.0606. The van der Waals surface area contributed by atoms with Crippen molar-refractivity contribution in [3.05, 3.63) is 18.1 Å². The number of carboxylic acids is 1. The van der Waals surface area contributed by atoms with Crippen LogP contribution in [-0.2, 0) is 0 Å². The van der Waals surface area contributed by atoms with E-state index >= 15 is 0 Å². The lowest BCUT2D eigenvalue weighted by atomic mass is 9.89. The van der Waals surface area contributed by atoms with E-state index in [-0.39, 0.29) is 5.69 Å². The number of hydrogen-bond donors (Lipinski definition) is 1. The minimum absolute atomic E-state index is 0.0606. The smallest absolute Gasteiger partial charge is 0.358 e. The third-order valence-corrected chi connectivity index (χ3v) is 3.90. The Morgan fingerprint density at radius 1 is 1.32 bits per heavy atom. The highest BCUT2D eigenvalue weighted by atomic mass is 16.4. The van der Waals surface area contributed by atoms with E-state index in [1.165, 1.54) is 12.6 Å². The van der Waals surface area contributed by atoms with Crippen LogP contribution in [-0.4, -0.2) is 34.1 Å². The van der Waals surface area contributed by atoms with Gasteiger partial charge in [-0.1, -0.05) is 13.8 Å². The van der Waals surface area contributed by atoms with Crippen LogP contribution >= 0.6 is 0 Å². The first-order valence-electron chi connectivity index (χ1n) is 6.89. The summed E-state index contributed by atoms with van der Waals surface area (Å²) >= 11 is 0. The monoisotopic (exact) mass is 263 g/mol. The molecule has 0 aromatic carbocycles. The van der Waals surface area contributed by atoms with Gasteiger partial charge in [-0.05, 0) is 31.1 Å². The van der Waals surface area contributed by atoms with E-state index < -0.39 is 5.97 Å². The molecular formula is C14H21N3O2. The van der Waals surface area contributed by atoms with E-state index in [2.05, 4.69) is 28.7 Å². The SMILES string of the molecule is CC(C)C1CCCN(c2nccnc2C(=O)O)CC1. The number of aromatic nitrogens is 2. The Balaban J connectivity index is 2.16. The van der Waals surface area contributed by atoms with Gasteiger partial charge in [-0.2, -0.15) is 0 Å². The van der Waals surface area contributed by atoms with E-state index in [1.807, 2.05) is 0 Å². The first kappa shape index (κ1) is 13.8. The lowest BCUT2D eigenvalue weighted by Gasteiger charge is -2.23. The van der Waals surface area contributed by atoms with Gasteiger partial charge in [0.2, 0.25) is 0 Å². The van der Waals surface area contributed by atoms with Crippen LogP contribution in [0.25, 0.3) is 0 Å². The second kappa shape index (κ2) is 5.99. The zero-order valence-electron chi connectivity index (χ0n) is 11.5. The van der Waals surface area contributed by atoms with E-state index in [1.54, 1.807) is 6.20 Å². The van der Waals surface area contributed by atoms with Crippen molar-refractivity contribution < 1.29 is 9.90 Å². The highest BCUT2D eigenvalue weighted by Crippen LogP contribution is 2.27. The Morgan fingerprint density at radius 2 is 2.05 bits per heavy atom. The van der Waals surface area contributed by atoms with E-state index in [4.69, 9.17) is 0 Å². The highest BCUT2D eigenvalue weighted by Gasteiger charge is 2.23. The molecule has 1 aliphatic heterocycles. The normalized spacial score (nSPS) is 20.4. The van der Waals surface area contributed by atoms with Crippen LogP contribution in [0.2, 0.25) is 0 Å². The van der Waals surface area contributed by atoms with Gasteiger partial charge in [-0.15, -0.1) is 0 Å². The Labute approximate surface area is 113 Å². The van der Waals surface area contributed by atoms with Crippen LogP contribution in [0.3, 0.4) is 0 Å². The molecule has 0 bridgehead atoms. The molecule has 5 heteroatoms. The van der Waals surface area contributed by atoms with Crippen LogP contribution in [0.1, 0.15) is 43.6 Å². The summed E-state index contributed by atoms with van der Waals surface area (Å²) in [6.07, 6.45) is 6.37. The van der Waals surface area contributed by atoms with Crippen molar-refractivity contribution in [3.63, 3.8) is 0 Å². The molecule has 1 fully saturated rings. The molecule has 0 spiro atoms. The summed E-state index contributed by atoms with van der Waals surface area (Å²) in [6.45, 7) is 6.24. The molecule has 0 amide bonds. The predicted octanol–water partition coefficient (Wildman–Crippen LogP) is 2.44. The van der Waals surface area contributed by atoms with Crippen LogP contribution in [0, 0.1) is 11.8 Å². The number of hydrogen-bond acceptors (Lipinski definition) is 4. The molecular weight excluding hydrogens is 242 g/mol. The lowest BCUT2D eigenvalue weighted by molar-refractivity contribution is 0.0690. The number of aromatic carboxylic acids is 1. The zero-order valence-corrected chi connectivity index (χ0v) is 11.5. The predicted molar refractivity (Wildman–Crippen MR) is 73.4 cm³/mol. The molecule has 5 nitrogen and oxygen atoms in total. The quantitative estimate of drug-likeness (QED) is 0.907. The Hall–Kier alpha value is -1.65. The van der Waals surface area contributed by atoms with Gasteiger partial charge in [0.05, 0.1) is 0 Å².